The predicted molar refractivity (Wildman–Crippen MR) is 74.6 cm³/mol. The summed E-state index contributed by atoms with van der Waals surface area (Å²) in [7, 11) is 0. The molecule has 0 atom stereocenters. The van der Waals surface area contributed by atoms with Crippen molar-refractivity contribution < 1.29 is 24.2 Å². The standard InChI is InChI=1S/C15H20O5/c1-3-19-11-8-9-14(20-4-2)12(10-11)13(16)6-5-7-15(17)18/h8-10H,3-7H2,1-2H3,(H,17,18). The smallest absolute Gasteiger partial charge is 0.303 e. The number of hydrogen-bond acceptors (Lipinski definition) is 4. The summed E-state index contributed by atoms with van der Waals surface area (Å²) >= 11 is 0. The molecule has 1 N–H and O–H groups in total. The first-order chi connectivity index (χ1) is 9.58. The Morgan fingerprint density at radius 2 is 1.80 bits per heavy atom. The monoisotopic (exact) mass is 280 g/mol. The second-order valence-electron chi connectivity index (χ2n) is 4.19. The van der Waals surface area contributed by atoms with E-state index in [1.54, 1.807) is 18.2 Å². The number of hydrogen-bond donors (Lipinski definition) is 1. The lowest BCUT2D eigenvalue weighted by atomic mass is 10.0. The maximum absolute atomic E-state index is 12.1. The highest BCUT2D eigenvalue weighted by atomic mass is 16.5. The summed E-state index contributed by atoms with van der Waals surface area (Å²) in [5.74, 6) is 0.0935. The Balaban J connectivity index is 2.84. The van der Waals surface area contributed by atoms with E-state index in [2.05, 4.69) is 0 Å². The minimum Gasteiger partial charge on any atom is -0.494 e. The zero-order valence-electron chi connectivity index (χ0n) is 11.8. The Bertz CT molecular complexity index is 467. The van der Waals surface area contributed by atoms with Crippen LogP contribution in [0.2, 0.25) is 0 Å². The molecule has 0 aliphatic carbocycles. The van der Waals surface area contributed by atoms with Crippen LogP contribution in [0.15, 0.2) is 18.2 Å². The summed E-state index contributed by atoms with van der Waals surface area (Å²) in [6.07, 6.45) is 0.488. The summed E-state index contributed by atoms with van der Waals surface area (Å²) in [6.45, 7) is 4.68. The highest BCUT2D eigenvalue weighted by Gasteiger charge is 2.14. The molecule has 0 spiro atoms. The van der Waals surface area contributed by atoms with E-state index in [4.69, 9.17) is 14.6 Å². The maximum atomic E-state index is 12.1. The van der Waals surface area contributed by atoms with Gasteiger partial charge in [-0.2, -0.15) is 0 Å². The quantitative estimate of drug-likeness (QED) is 0.704. The second-order valence-corrected chi connectivity index (χ2v) is 4.19. The topological polar surface area (TPSA) is 72.8 Å². The highest BCUT2D eigenvalue weighted by Crippen LogP contribution is 2.26. The third-order valence-corrected chi connectivity index (χ3v) is 2.66. The first kappa shape index (κ1) is 16.0. The summed E-state index contributed by atoms with van der Waals surface area (Å²) < 4.78 is 10.8. The highest BCUT2D eigenvalue weighted by molar-refractivity contribution is 5.99. The van der Waals surface area contributed by atoms with Crippen LogP contribution in [0.25, 0.3) is 0 Å². The van der Waals surface area contributed by atoms with Gasteiger partial charge in [-0.05, 0) is 38.5 Å². The van der Waals surface area contributed by atoms with E-state index in [1.165, 1.54) is 0 Å². The van der Waals surface area contributed by atoms with Crippen LogP contribution in [0, 0.1) is 0 Å². The van der Waals surface area contributed by atoms with Gasteiger partial charge in [0.25, 0.3) is 0 Å². The Kier molecular flexibility index (Phi) is 6.56. The van der Waals surface area contributed by atoms with Crippen molar-refractivity contribution in [2.24, 2.45) is 0 Å². The molecule has 0 fully saturated rings. The molecule has 1 rings (SSSR count). The van der Waals surface area contributed by atoms with Crippen LogP contribution in [-0.2, 0) is 4.79 Å². The van der Waals surface area contributed by atoms with Crippen molar-refractivity contribution in [3.8, 4) is 11.5 Å². The van der Waals surface area contributed by atoms with E-state index >= 15 is 0 Å². The van der Waals surface area contributed by atoms with Crippen LogP contribution in [0.3, 0.4) is 0 Å². The van der Waals surface area contributed by atoms with Gasteiger partial charge in [0, 0.05) is 12.8 Å². The minimum absolute atomic E-state index is 0.0130. The molecule has 1 aromatic carbocycles. The van der Waals surface area contributed by atoms with Gasteiger partial charge < -0.3 is 14.6 Å². The van der Waals surface area contributed by atoms with Crippen molar-refractivity contribution in [3.63, 3.8) is 0 Å². The van der Waals surface area contributed by atoms with Gasteiger partial charge in [-0.1, -0.05) is 0 Å². The van der Waals surface area contributed by atoms with Crippen LogP contribution in [0.5, 0.6) is 11.5 Å². The van der Waals surface area contributed by atoms with Crippen LogP contribution < -0.4 is 9.47 Å². The molecule has 0 radical (unpaired) electrons. The summed E-state index contributed by atoms with van der Waals surface area (Å²) in [4.78, 5) is 22.6. The molecule has 5 nitrogen and oxygen atoms in total. The largest absolute Gasteiger partial charge is 0.494 e. The van der Waals surface area contributed by atoms with Crippen LogP contribution >= 0.6 is 0 Å². The number of carbonyl (C=O) groups is 2. The zero-order valence-corrected chi connectivity index (χ0v) is 11.8. The maximum Gasteiger partial charge on any atom is 0.303 e. The van der Waals surface area contributed by atoms with Gasteiger partial charge in [0.05, 0.1) is 18.8 Å². The fourth-order valence-corrected chi connectivity index (χ4v) is 1.80. The summed E-state index contributed by atoms with van der Waals surface area (Å²) in [5.41, 5.74) is 0.447. The summed E-state index contributed by atoms with van der Waals surface area (Å²) in [6, 6.07) is 5.11. The molecule has 0 unspecified atom stereocenters. The Morgan fingerprint density at radius 1 is 1.10 bits per heavy atom. The molecule has 0 aliphatic heterocycles. The lowest BCUT2D eigenvalue weighted by molar-refractivity contribution is -0.137. The van der Waals surface area contributed by atoms with Crippen molar-refractivity contribution in [2.45, 2.75) is 33.1 Å². The molecule has 0 amide bonds. The van der Waals surface area contributed by atoms with Gasteiger partial charge in [-0.15, -0.1) is 0 Å². The van der Waals surface area contributed by atoms with Crippen molar-refractivity contribution in [3.05, 3.63) is 23.8 Å². The van der Waals surface area contributed by atoms with Gasteiger partial charge in [0.15, 0.2) is 5.78 Å². The predicted octanol–water partition coefficient (Wildman–Crippen LogP) is 2.92. The molecule has 0 aliphatic rings. The Hall–Kier alpha value is -2.04. The zero-order chi connectivity index (χ0) is 15.0. The SMILES string of the molecule is CCOc1ccc(OCC)c(C(=O)CCCC(=O)O)c1. The minimum atomic E-state index is -0.897. The van der Waals surface area contributed by atoms with E-state index in [9.17, 15) is 9.59 Å². The number of aliphatic carboxylic acids is 1. The number of ketones is 1. The third kappa shape index (κ3) is 4.91. The lowest BCUT2D eigenvalue weighted by Gasteiger charge is -2.11. The van der Waals surface area contributed by atoms with Crippen molar-refractivity contribution in [2.75, 3.05) is 13.2 Å². The number of carbonyl (C=O) groups excluding carboxylic acids is 1. The van der Waals surface area contributed by atoms with Gasteiger partial charge in [0.2, 0.25) is 0 Å². The number of benzene rings is 1. The fourth-order valence-electron chi connectivity index (χ4n) is 1.80. The van der Waals surface area contributed by atoms with E-state index in [-0.39, 0.29) is 18.6 Å². The van der Waals surface area contributed by atoms with E-state index in [1.807, 2.05) is 13.8 Å². The molecule has 0 heterocycles. The Labute approximate surface area is 118 Å². The van der Waals surface area contributed by atoms with E-state index < -0.39 is 5.97 Å². The number of ether oxygens (including phenoxy) is 2. The van der Waals surface area contributed by atoms with Gasteiger partial charge in [-0.3, -0.25) is 9.59 Å². The molecular weight excluding hydrogens is 260 g/mol. The second kappa shape index (κ2) is 8.19. The fraction of sp³-hybridized carbons (Fsp3) is 0.467. The number of carboxylic acids is 1. The number of carboxylic acid groups (broad SMARTS) is 1. The average molecular weight is 280 g/mol. The molecule has 0 aromatic heterocycles. The van der Waals surface area contributed by atoms with Gasteiger partial charge in [-0.25, -0.2) is 0 Å². The van der Waals surface area contributed by atoms with Crippen LogP contribution in [0.1, 0.15) is 43.5 Å². The van der Waals surface area contributed by atoms with Gasteiger partial charge in [0.1, 0.15) is 11.5 Å². The Morgan fingerprint density at radius 3 is 2.40 bits per heavy atom. The molecule has 20 heavy (non-hydrogen) atoms. The molecule has 1 aromatic rings. The van der Waals surface area contributed by atoms with Crippen molar-refractivity contribution >= 4 is 11.8 Å². The molecule has 0 saturated heterocycles. The van der Waals surface area contributed by atoms with Gasteiger partial charge >= 0.3 is 5.97 Å². The molecule has 5 heteroatoms. The average Bonchev–Trinajstić information content (AvgIpc) is 2.40. The summed E-state index contributed by atoms with van der Waals surface area (Å²) in [5, 5.41) is 8.59. The third-order valence-electron chi connectivity index (χ3n) is 2.66. The van der Waals surface area contributed by atoms with E-state index in [0.29, 0.717) is 36.7 Å². The first-order valence-electron chi connectivity index (χ1n) is 6.73. The molecule has 110 valence electrons. The normalized spacial score (nSPS) is 10.1. The molecular formula is C15H20O5. The number of Topliss-reactive ketones (excluding diaryl/α,β-unsaturated/α-hetero) is 1. The van der Waals surface area contributed by atoms with Crippen LogP contribution in [0.4, 0.5) is 0 Å². The molecule has 0 bridgehead atoms. The van der Waals surface area contributed by atoms with Crippen molar-refractivity contribution in [1.29, 1.82) is 0 Å². The first-order valence-corrected chi connectivity index (χ1v) is 6.73. The van der Waals surface area contributed by atoms with Crippen LogP contribution in [-0.4, -0.2) is 30.1 Å². The number of rotatable bonds is 9. The van der Waals surface area contributed by atoms with Crippen molar-refractivity contribution in [1.82, 2.24) is 0 Å². The lowest BCUT2D eigenvalue weighted by Crippen LogP contribution is -2.06. The van der Waals surface area contributed by atoms with E-state index in [0.717, 1.165) is 0 Å². The molecule has 0 saturated carbocycles.